The number of anilines is 1. The first kappa shape index (κ1) is 13.0. The summed E-state index contributed by atoms with van der Waals surface area (Å²) in [5.74, 6) is -3.98. The Kier molecular flexibility index (Phi) is 4.11. The predicted molar refractivity (Wildman–Crippen MR) is 55.5 cm³/mol. The largest absolute Gasteiger partial charge is 0.480 e. The Labute approximate surface area is 95.4 Å². The van der Waals surface area contributed by atoms with Crippen molar-refractivity contribution in [2.75, 3.05) is 12.4 Å². The lowest BCUT2D eigenvalue weighted by molar-refractivity contribution is -0.142. The van der Waals surface area contributed by atoms with Crippen LogP contribution in [-0.4, -0.2) is 30.1 Å². The molecule has 17 heavy (non-hydrogen) atoms. The lowest BCUT2D eigenvalue weighted by Crippen LogP contribution is -2.44. The van der Waals surface area contributed by atoms with E-state index >= 15 is 0 Å². The van der Waals surface area contributed by atoms with Gasteiger partial charge in [0.2, 0.25) is 0 Å². The highest BCUT2D eigenvalue weighted by Crippen LogP contribution is 2.15. The minimum absolute atomic E-state index is 0.406. The average molecular weight is 244 g/mol. The summed E-state index contributed by atoms with van der Waals surface area (Å²) in [7, 11) is 1.26. The number of carbonyl (C=O) groups excluding carboxylic acids is 1. The van der Waals surface area contributed by atoms with E-state index < -0.39 is 35.2 Å². The van der Waals surface area contributed by atoms with Crippen LogP contribution in [0.15, 0.2) is 18.2 Å². The molecule has 0 aliphatic carbocycles. The number of carboxylic acids is 1. The molecule has 0 aliphatic rings. The van der Waals surface area contributed by atoms with E-state index in [1.165, 1.54) is 7.05 Å². The summed E-state index contributed by atoms with van der Waals surface area (Å²) in [6, 6.07) is 0.956. The number of benzene rings is 1. The van der Waals surface area contributed by atoms with Gasteiger partial charge in [0.15, 0.2) is 6.04 Å². The van der Waals surface area contributed by atoms with E-state index in [0.717, 1.165) is 18.2 Å². The molecule has 0 radical (unpaired) electrons. The number of hydrogen-bond donors (Lipinski definition) is 3. The zero-order valence-electron chi connectivity index (χ0n) is 8.83. The van der Waals surface area contributed by atoms with Crippen molar-refractivity contribution in [2.24, 2.45) is 0 Å². The zero-order valence-corrected chi connectivity index (χ0v) is 8.83. The summed E-state index contributed by atoms with van der Waals surface area (Å²) >= 11 is 0. The average Bonchev–Trinajstić information content (AvgIpc) is 2.24. The van der Waals surface area contributed by atoms with Crippen molar-refractivity contribution in [3.63, 3.8) is 0 Å². The van der Waals surface area contributed by atoms with Gasteiger partial charge in [0.1, 0.15) is 11.6 Å². The van der Waals surface area contributed by atoms with Gasteiger partial charge in [-0.25, -0.2) is 13.6 Å². The highest BCUT2D eigenvalue weighted by atomic mass is 19.1. The molecule has 1 aromatic carbocycles. The normalized spacial score (nSPS) is 11.9. The molecular weight excluding hydrogens is 234 g/mol. The highest BCUT2D eigenvalue weighted by molar-refractivity contribution is 6.07. The van der Waals surface area contributed by atoms with Crippen LogP contribution < -0.4 is 10.6 Å². The number of carboxylic acid groups (broad SMARTS) is 1. The third kappa shape index (κ3) is 3.22. The van der Waals surface area contributed by atoms with E-state index in [4.69, 9.17) is 5.11 Å². The fraction of sp³-hybridized carbons (Fsp3) is 0.200. The minimum atomic E-state index is -1.53. The summed E-state index contributed by atoms with van der Waals surface area (Å²) < 4.78 is 25.9. The second-order valence-electron chi connectivity index (χ2n) is 3.17. The number of likely N-dealkylation sites (N-methyl/N-ethyl adjacent to an activating group) is 1. The van der Waals surface area contributed by atoms with E-state index in [1.54, 1.807) is 0 Å². The van der Waals surface area contributed by atoms with Crippen molar-refractivity contribution >= 4 is 17.6 Å². The third-order valence-electron chi connectivity index (χ3n) is 1.98. The molecule has 0 bridgehead atoms. The van der Waals surface area contributed by atoms with Crippen molar-refractivity contribution in [3.05, 3.63) is 29.8 Å². The topological polar surface area (TPSA) is 78.4 Å². The van der Waals surface area contributed by atoms with Crippen molar-refractivity contribution in [3.8, 4) is 0 Å². The third-order valence-corrected chi connectivity index (χ3v) is 1.98. The molecule has 1 aromatic rings. The Bertz CT molecular complexity index is 451. The first-order valence-corrected chi connectivity index (χ1v) is 4.61. The van der Waals surface area contributed by atoms with Gasteiger partial charge < -0.3 is 10.4 Å². The van der Waals surface area contributed by atoms with Crippen LogP contribution in [0, 0.1) is 11.6 Å². The van der Waals surface area contributed by atoms with Gasteiger partial charge in [-0.05, 0) is 19.2 Å². The van der Waals surface area contributed by atoms with Crippen LogP contribution in [0.5, 0.6) is 0 Å². The SMILES string of the molecule is CNC(C(=O)O)C(=O)Nc1cc(F)ccc1F. The summed E-state index contributed by atoms with van der Waals surface area (Å²) in [4.78, 5) is 22.0. The lowest BCUT2D eigenvalue weighted by atomic mass is 10.2. The summed E-state index contributed by atoms with van der Waals surface area (Å²) in [5, 5.41) is 12.9. The van der Waals surface area contributed by atoms with E-state index in [9.17, 15) is 18.4 Å². The number of nitrogens with one attached hydrogen (secondary N) is 2. The molecular formula is C10H10F2N2O3. The van der Waals surface area contributed by atoms with Gasteiger partial charge in [0.05, 0.1) is 5.69 Å². The molecule has 5 nitrogen and oxygen atoms in total. The molecule has 0 spiro atoms. The molecule has 0 fully saturated rings. The van der Waals surface area contributed by atoms with E-state index in [0.29, 0.717) is 0 Å². The number of hydrogen-bond acceptors (Lipinski definition) is 3. The van der Waals surface area contributed by atoms with Crippen LogP contribution in [0.1, 0.15) is 0 Å². The second kappa shape index (κ2) is 5.35. The molecule has 3 N–H and O–H groups in total. The molecule has 92 valence electrons. The van der Waals surface area contributed by atoms with E-state index in [1.807, 2.05) is 5.32 Å². The van der Waals surface area contributed by atoms with Crippen LogP contribution in [0.3, 0.4) is 0 Å². The molecule has 0 saturated carbocycles. The van der Waals surface area contributed by atoms with Crippen LogP contribution in [0.2, 0.25) is 0 Å². The van der Waals surface area contributed by atoms with Crippen molar-refractivity contribution in [1.29, 1.82) is 0 Å². The Morgan fingerprint density at radius 1 is 1.35 bits per heavy atom. The standard InChI is InChI=1S/C10H10F2N2O3/c1-13-8(10(16)17)9(15)14-7-4-5(11)2-3-6(7)12/h2-4,8,13H,1H3,(H,14,15)(H,16,17). The first-order valence-electron chi connectivity index (χ1n) is 4.61. The molecule has 1 unspecified atom stereocenters. The maximum atomic E-state index is 13.1. The summed E-state index contributed by atoms with van der Waals surface area (Å²) in [6.07, 6.45) is 0. The van der Waals surface area contributed by atoms with E-state index in [2.05, 4.69) is 5.32 Å². The number of halogens is 2. The van der Waals surface area contributed by atoms with Gasteiger partial charge in [-0.2, -0.15) is 0 Å². The minimum Gasteiger partial charge on any atom is -0.480 e. The molecule has 1 atom stereocenters. The van der Waals surface area contributed by atoms with Crippen molar-refractivity contribution in [2.45, 2.75) is 6.04 Å². The Balaban J connectivity index is 2.87. The van der Waals surface area contributed by atoms with Gasteiger partial charge in [-0.3, -0.25) is 10.1 Å². The fourth-order valence-corrected chi connectivity index (χ4v) is 1.16. The van der Waals surface area contributed by atoms with Gasteiger partial charge in [0.25, 0.3) is 5.91 Å². The Morgan fingerprint density at radius 2 is 2.00 bits per heavy atom. The molecule has 0 aliphatic heterocycles. The molecule has 0 aromatic heterocycles. The molecule has 1 amide bonds. The number of amides is 1. The number of aliphatic carboxylic acids is 1. The Hall–Kier alpha value is -2.02. The fourth-order valence-electron chi connectivity index (χ4n) is 1.16. The lowest BCUT2D eigenvalue weighted by Gasteiger charge is -2.12. The van der Waals surface area contributed by atoms with Crippen molar-refractivity contribution in [1.82, 2.24) is 5.32 Å². The maximum absolute atomic E-state index is 13.1. The number of rotatable bonds is 4. The molecule has 0 saturated heterocycles. The Morgan fingerprint density at radius 3 is 2.53 bits per heavy atom. The monoisotopic (exact) mass is 244 g/mol. The van der Waals surface area contributed by atoms with Crippen molar-refractivity contribution < 1.29 is 23.5 Å². The van der Waals surface area contributed by atoms with E-state index in [-0.39, 0.29) is 0 Å². The molecule has 0 heterocycles. The molecule has 1 rings (SSSR count). The number of carbonyl (C=O) groups is 2. The smallest absolute Gasteiger partial charge is 0.330 e. The van der Waals surface area contributed by atoms with Gasteiger partial charge in [-0.15, -0.1) is 0 Å². The van der Waals surface area contributed by atoms with Crippen LogP contribution in [0.25, 0.3) is 0 Å². The van der Waals surface area contributed by atoms with Gasteiger partial charge >= 0.3 is 5.97 Å². The van der Waals surface area contributed by atoms with Gasteiger partial charge in [-0.1, -0.05) is 0 Å². The first-order chi connectivity index (χ1) is 7.95. The highest BCUT2D eigenvalue weighted by Gasteiger charge is 2.24. The summed E-state index contributed by atoms with van der Waals surface area (Å²) in [5.41, 5.74) is -0.406. The predicted octanol–water partition coefficient (Wildman–Crippen LogP) is 0.576. The second-order valence-corrected chi connectivity index (χ2v) is 3.17. The quantitative estimate of drug-likeness (QED) is 0.677. The van der Waals surface area contributed by atoms with Crippen LogP contribution in [-0.2, 0) is 9.59 Å². The summed E-state index contributed by atoms with van der Waals surface area (Å²) in [6.45, 7) is 0. The van der Waals surface area contributed by atoms with Gasteiger partial charge in [0, 0.05) is 6.07 Å². The molecule has 7 heteroatoms. The zero-order chi connectivity index (χ0) is 13.0. The van der Waals surface area contributed by atoms with Crippen LogP contribution in [0.4, 0.5) is 14.5 Å². The maximum Gasteiger partial charge on any atom is 0.330 e. The van der Waals surface area contributed by atoms with Crippen LogP contribution >= 0.6 is 0 Å².